The third kappa shape index (κ3) is 2.47. The Balaban J connectivity index is 1.48. The Kier molecular flexibility index (Phi) is 3.95. The lowest BCUT2D eigenvalue weighted by atomic mass is 10.1. The zero-order chi connectivity index (χ0) is 19.5. The highest BCUT2D eigenvalue weighted by Crippen LogP contribution is 2.47. The molecule has 2 aliphatic heterocycles. The highest BCUT2D eigenvalue weighted by molar-refractivity contribution is 8.01. The molecule has 2 atom stereocenters. The molecule has 0 aliphatic carbocycles. The van der Waals surface area contributed by atoms with Crippen molar-refractivity contribution in [2.24, 2.45) is 0 Å². The number of hydrogen-bond donors (Lipinski definition) is 1. The number of thioether (sulfide) groups is 1. The normalized spacial score (nSPS) is 24.3. The maximum absolute atomic E-state index is 13.0. The summed E-state index contributed by atoms with van der Waals surface area (Å²) in [7, 11) is 0. The minimum Gasteiger partial charge on any atom is -0.341 e. The second kappa shape index (κ2) is 6.27. The number of para-hydroxylation sites is 1. The van der Waals surface area contributed by atoms with Crippen LogP contribution in [0.15, 0.2) is 42.5 Å². The second-order valence-electron chi connectivity index (χ2n) is 7.75. The van der Waals surface area contributed by atoms with Crippen molar-refractivity contribution < 1.29 is 9.59 Å². The second-order valence-corrected chi connectivity index (χ2v) is 9.25. The predicted molar refractivity (Wildman–Crippen MR) is 114 cm³/mol. The van der Waals surface area contributed by atoms with Crippen LogP contribution < -0.4 is 5.32 Å². The molecule has 144 valence electrons. The smallest absolute Gasteiger partial charge is 0.248 e. The summed E-state index contributed by atoms with van der Waals surface area (Å²) < 4.78 is 2.29. The van der Waals surface area contributed by atoms with Gasteiger partial charge >= 0.3 is 0 Å². The number of anilines is 1. The average molecular weight is 394 g/mol. The molecule has 0 radical (unpaired) electrons. The Labute approximate surface area is 168 Å². The summed E-state index contributed by atoms with van der Waals surface area (Å²) in [6.45, 7) is 5.11. The molecule has 2 aliphatic rings. The van der Waals surface area contributed by atoms with E-state index in [0.717, 1.165) is 24.0 Å². The molecule has 0 spiro atoms. The predicted octanol–water partition coefficient (Wildman–Crippen LogP) is 4.21. The molecule has 3 aromatic rings. The maximum Gasteiger partial charge on any atom is 0.248 e. The summed E-state index contributed by atoms with van der Waals surface area (Å²) in [6, 6.07) is 14.0. The zero-order valence-corrected chi connectivity index (χ0v) is 16.9. The van der Waals surface area contributed by atoms with Crippen LogP contribution in [-0.2, 0) is 16.1 Å². The van der Waals surface area contributed by atoms with Crippen LogP contribution in [0.3, 0.4) is 0 Å². The van der Waals surface area contributed by atoms with E-state index in [1.165, 1.54) is 16.4 Å². The summed E-state index contributed by atoms with van der Waals surface area (Å²) in [4.78, 5) is 26.9. The molecule has 1 N–H and O–H groups in total. The molecule has 0 saturated carbocycles. The molecule has 2 aromatic carbocycles. The van der Waals surface area contributed by atoms with Crippen molar-refractivity contribution in [3.63, 3.8) is 0 Å². The molecule has 2 amide bonds. The highest BCUT2D eigenvalue weighted by atomic mass is 32.2. The van der Waals surface area contributed by atoms with Gasteiger partial charge in [0.05, 0.1) is 4.87 Å². The van der Waals surface area contributed by atoms with Gasteiger partial charge in [-0.05, 0) is 44.5 Å². The van der Waals surface area contributed by atoms with Gasteiger partial charge in [0, 0.05) is 46.2 Å². The van der Waals surface area contributed by atoms with Crippen molar-refractivity contribution >= 4 is 51.1 Å². The van der Waals surface area contributed by atoms with E-state index in [-0.39, 0.29) is 16.7 Å². The van der Waals surface area contributed by atoms with E-state index in [1.807, 2.05) is 12.1 Å². The minimum atomic E-state index is -0.391. The van der Waals surface area contributed by atoms with Crippen molar-refractivity contribution in [1.29, 1.82) is 0 Å². The number of carbonyl (C=O) groups is 2. The highest BCUT2D eigenvalue weighted by Gasteiger charge is 2.52. The fraction of sp³-hybridized carbons (Fsp3) is 0.364. The first kappa shape index (κ1) is 17.6. The van der Waals surface area contributed by atoms with Crippen LogP contribution in [0.5, 0.6) is 0 Å². The van der Waals surface area contributed by atoms with Gasteiger partial charge in [0.15, 0.2) is 0 Å². The topological polar surface area (TPSA) is 54.3 Å². The SMILES string of the molecule is CCn1c2ccccc2c2cc(NC(=O)[C@@H]3CS[C@]4(C)CCC(=O)N34)ccc21. The molecule has 1 aromatic heterocycles. The van der Waals surface area contributed by atoms with Gasteiger partial charge in [0.25, 0.3) is 0 Å². The van der Waals surface area contributed by atoms with Crippen LogP contribution >= 0.6 is 11.8 Å². The van der Waals surface area contributed by atoms with Crippen molar-refractivity contribution in [3.05, 3.63) is 42.5 Å². The van der Waals surface area contributed by atoms with Crippen molar-refractivity contribution in [2.45, 2.75) is 44.1 Å². The van der Waals surface area contributed by atoms with Crippen LogP contribution in [0, 0.1) is 0 Å². The van der Waals surface area contributed by atoms with Gasteiger partial charge in [-0.3, -0.25) is 9.59 Å². The monoisotopic (exact) mass is 393 g/mol. The van der Waals surface area contributed by atoms with E-state index in [1.54, 1.807) is 16.7 Å². The fourth-order valence-corrected chi connectivity index (χ4v) is 6.14. The number of hydrogen-bond acceptors (Lipinski definition) is 3. The van der Waals surface area contributed by atoms with Crippen molar-refractivity contribution in [1.82, 2.24) is 9.47 Å². The molecule has 5 nitrogen and oxygen atoms in total. The number of aromatic nitrogens is 1. The first-order valence-electron chi connectivity index (χ1n) is 9.80. The van der Waals surface area contributed by atoms with E-state index in [0.29, 0.717) is 12.2 Å². The lowest BCUT2D eigenvalue weighted by Crippen LogP contribution is -2.48. The Morgan fingerprint density at radius 2 is 2.00 bits per heavy atom. The molecule has 6 heteroatoms. The standard InChI is InChI=1S/C22H23N3O2S/c1-3-24-17-7-5-4-6-15(17)16-12-14(8-9-18(16)24)23-21(27)19-13-28-22(2)11-10-20(26)25(19)22/h4-9,12,19H,3,10-11,13H2,1-2H3,(H,23,27)/t19-,22+/m0/s1. The van der Waals surface area contributed by atoms with E-state index in [2.05, 4.69) is 54.1 Å². The number of carbonyl (C=O) groups excluding carboxylic acids is 2. The largest absolute Gasteiger partial charge is 0.341 e. The fourth-order valence-electron chi connectivity index (χ4n) is 4.71. The Morgan fingerprint density at radius 1 is 1.21 bits per heavy atom. The van der Waals surface area contributed by atoms with E-state index >= 15 is 0 Å². The lowest BCUT2D eigenvalue weighted by molar-refractivity contribution is -0.135. The van der Waals surface area contributed by atoms with Crippen LogP contribution in [0.25, 0.3) is 21.8 Å². The van der Waals surface area contributed by atoms with E-state index in [4.69, 9.17) is 0 Å². The van der Waals surface area contributed by atoms with Gasteiger partial charge < -0.3 is 14.8 Å². The Bertz CT molecular complexity index is 1120. The number of nitrogens with zero attached hydrogens (tertiary/aromatic N) is 2. The first-order valence-corrected chi connectivity index (χ1v) is 10.8. The van der Waals surface area contributed by atoms with Gasteiger partial charge in [-0.25, -0.2) is 0 Å². The summed E-state index contributed by atoms with van der Waals surface area (Å²) in [6.07, 6.45) is 1.36. The Hall–Kier alpha value is -2.47. The molecule has 0 unspecified atom stereocenters. The third-order valence-corrected chi connectivity index (χ3v) is 7.61. The van der Waals surface area contributed by atoms with Crippen LogP contribution in [0.2, 0.25) is 0 Å². The van der Waals surface area contributed by atoms with Gasteiger partial charge in [-0.1, -0.05) is 18.2 Å². The average Bonchev–Trinajstić information content (AvgIpc) is 3.30. The maximum atomic E-state index is 13.0. The first-order chi connectivity index (χ1) is 13.5. The van der Waals surface area contributed by atoms with Gasteiger partial charge in [0.2, 0.25) is 11.8 Å². The Morgan fingerprint density at radius 3 is 2.82 bits per heavy atom. The summed E-state index contributed by atoms with van der Waals surface area (Å²) in [5.41, 5.74) is 3.15. The molecule has 28 heavy (non-hydrogen) atoms. The number of fused-ring (bicyclic) bond motifs is 4. The molecule has 3 heterocycles. The van der Waals surface area contributed by atoms with Crippen LogP contribution in [-0.4, -0.2) is 37.9 Å². The van der Waals surface area contributed by atoms with Crippen molar-refractivity contribution in [2.75, 3.05) is 11.1 Å². The van der Waals surface area contributed by atoms with E-state index in [9.17, 15) is 9.59 Å². The number of nitrogens with one attached hydrogen (secondary N) is 1. The van der Waals surface area contributed by atoms with Gasteiger partial charge in [0.1, 0.15) is 6.04 Å². The molecule has 2 fully saturated rings. The lowest BCUT2D eigenvalue weighted by Gasteiger charge is -2.29. The number of aryl methyl sites for hydroxylation is 1. The van der Waals surface area contributed by atoms with Crippen LogP contribution in [0.1, 0.15) is 26.7 Å². The van der Waals surface area contributed by atoms with Gasteiger partial charge in [-0.15, -0.1) is 11.8 Å². The third-order valence-electron chi connectivity index (χ3n) is 6.10. The van der Waals surface area contributed by atoms with E-state index < -0.39 is 6.04 Å². The van der Waals surface area contributed by atoms with Crippen LogP contribution in [0.4, 0.5) is 5.69 Å². The number of benzene rings is 2. The number of amides is 2. The minimum absolute atomic E-state index is 0.0918. The quantitative estimate of drug-likeness (QED) is 0.725. The molecule has 5 rings (SSSR count). The molecular formula is C22H23N3O2S. The summed E-state index contributed by atoms with van der Waals surface area (Å²) in [5.74, 6) is 0.657. The zero-order valence-electron chi connectivity index (χ0n) is 16.1. The number of rotatable bonds is 3. The summed E-state index contributed by atoms with van der Waals surface area (Å²) in [5, 5.41) is 5.39. The molecular weight excluding hydrogens is 370 g/mol. The van der Waals surface area contributed by atoms with Gasteiger partial charge in [-0.2, -0.15) is 0 Å². The summed E-state index contributed by atoms with van der Waals surface area (Å²) >= 11 is 1.72. The molecule has 0 bridgehead atoms. The van der Waals surface area contributed by atoms with Crippen molar-refractivity contribution in [3.8, 4) is 0 Å². The molecule has 2 saturated heterocycles.